The van der Waals surface area contributed by atoms with E-state index in [0.29, 0.717) is 23.8 Å². The Bertz CT molecular complexity index is 576. The Morgan fingerprint density at radius 2 is 2.04 bits per heavy atom. The van der Waals surface area contributed by atoms with Crippen LogP contribution in [0.4, 0.5) is 0 Å². The maximum Gasteiger partial charge on any atom is 0.222 e. The van der Waals surface area contributed by atoms with Crippen LogP contribution < -0.4 is 0 Å². The molecule has 0 spiro atoms. The molecule has 4 rings (SSSR count). The summed E-state index contributed by atoms with van der Waals surface area (Å²) in [6.07, 6.45) is 11.6. The maximum absolute atomic E-state index is 12.0. The van der Waals surface area contributed by atoms with Gasteiger partial charge in [0, 0.05) is 57.1 Å². The molecule has 0 aromatic heterocycles. The zero-order valence-corrected chi connectivity index (χ0v) is 15.9. The summed E-state index contributed by atoms with van der Waals surface area (Å²) in [7, 11) is 0. The SMILES string of the molecule is CCCC(=O)N1CCN(C2C=CC(C34CC3CN(CC)C4)=CC2)CC1. The Kier molecular flexibility index (Phi) is 4.76. The minimum absolute atomic E-state index is 0.337. The van der Waals surface area contributed by atoms with Gasteiger partial charge in [-0.25, -0.2) is 0 Å². The second kappa shape index (κ2) is 6.88. The Hall–Kier alpha value is -1.13. The number of allylic oxidation sites excluding steroid dienone is 1. The summed E-state index contributed by atoms with van der Waals surface area (Å²) in [5.74, 6) is 1.25. The molecule has 3 fully saturated rings. The molecule has 2 aliphatic carbocycles. The van der Waals surface area contributed by atoms with Crippen molar-refractivity contribution in [1.82, 2.24) is 14.7 Å². The van der Waals surface area contributed by atoms with Crippen LogP contribution in [0, 0.1) is 11.3 Å². The predicted octanol–water partition coefficient (Wildman–Crippen LogP) is 2.53. The summed E-state index contributed by atoms with van der Waals surface area (Å²) in [4.78, 5) is 19.3. The van der Waals surface area contributed by atoms with Crippen LogP contribution in [-0.2, 0) is 4.79 Å². The zero-order valence-electron chi connectivity index (χ0n) is 15.9. The smallest absolute Gasteiger partial charge is 0.222 e. The van der Waals surface area contributed by atoms with Crippen LogP contribution in [0.5, 0.6) is 0 Å². The Morgan fingerprint density at radius 1 is 1.24 bits per heavy atom. The average molecular weight is 344 g/mol. The highest BCUT2D eigenvalue weighted by molar-refractivity contribution is 5.76. The van der Waals surface area contributed by atoms with E-state index in [1.807, 2.05) is 0 Å². The van der Waals surface area contributed by atoms with E-state index in [2.05, 4.69) is 46.8 Å². The van der Waals surface area contributed by atoms with Crippen LogP contribution in [0.2, 0.25) is 0 Å². The van der Waals surface area contributed by atoms with Crippen molar-refractivity contribution >= 4 is 5.91 Å². The predicted molar refractivity (Wildman–Crippen MR) is 101 cm³/mol. The lowest BCUT2D eigenvalue weighted by Gasteiger charge is -2.39. The first-order valence-electron chi connectivity index (χ1n) is 10.3. The van der Waals surface area contributed by atoms with Gasteiger partial charge in [-0.2, -0.15) is 0 Å². The molecule has 2 heterocycles. The molecule has 25 heavy (non-hydrogen) atoms. The van der Waals surface area contributed by atoms with E-state index in [1.165, 1.54) is 26.1 Å². The Morgan fingerprint density at radius 3 is 2.64 bits per heavy atom. The van der Waals surface area contributed by atoms with Crippen LogP contribution in [0.1, 0.15) is 39.5 Å². The van der Waals surface area contributed by atoms with Crippen molar-refractivity contribution in [2.45, 2.75) is 45.6 Å². The van der Waals surface area contributed by atoms with Crippen LogP contribution in [-0.4, -0.2) is 72.5 Å². The number of fused-ring (bicyclic) bond motifs is 1. The standard InChI is InChI=1S/C21H33N3O/c1-3-5-20(25)24-12-10-23(11-13-24)19-8-6-17(7-9-19)21-14-18(21)15-22(4-2)16-21/h6-8,18-19H,3-5,9-16H2,1-2H3. The Balaban J connectivity index is 1.29. The van der Waals surface area contributed by atoms with Gasteiger partial charge < -0.3 is 9.80 Å². The zero-order chi connectivity index (χ0) is 17.4. The molecule has 4 heteroatoms. The molecule has 0 aromatic carbocycles. The second-order valence-electron chi connectivity index (χ2n) is 8.37. The molecule has 4 aliphatic rings. The van der Waals surface area contributed by atoms with Gasteiger partial charge in [0.1, 0.15) is 0 Å². The minimum atomic E-state index is 0.337. The number of hydrogen-bond acceptors (Lipinski definition) is 3. The van der Waals surface area contributed by atoms with Gasteiger partial charge in [-0.1, -0.05) is 32.1 Å². The first-order chi connectivity index (χ1) is 12.2. The molecule has 2 aliphatic heterocycles. The normalized spacial score (nSPS) is 35.6. The summed E-state index contributed by atoms with van der Waals surface area (Å²) < 4.78 is 0. The van der Waals surface area contributed by atoms with Gasteiger partial charge in [-0.3, -0.25) is 9.69 Å². The lowest BCUT2D eigenvalue weighted by Crippen LogP contribution is -2.51. The largest absolute Gasteiger partial charge is 0.340 e. The van der Waals surface area contributed by atoms with E-state index in [9.17, 15) is 4.79 Å². The fraction of sp³-hybridized carbons (Fsp3) is 0.762. The number of nitrogens with zero attached hydrogens (tertiary/aromatic N) is 3. The quantitative estimate of drug-likeness (QED) is 0.767. The van der Waals surface area contributed by atoms with Crippen LogP contribution in [0.3, 0.4) is 0 Å². The van der Waals surface area contributed by atoms with Gasteiger partial charge in [0.15, 0.2) is 0 Å². The summed E-state index contributed by atoms with van der Waals surface area (Å²) >= 11 is 0. The molecule has 138 valence electrons. The molecule has 3 atom stereocenters. The minimum Gasteiger partial charge on any atom is -0.340 e. The number of amides is 1. The molecule has 1 amide bonds. The summed E-state index contributed by atoms with van der Waals surface area (Å²) in [6.45, 7) is 12.0. The maximum atomic E-state index is 12.0. The number of likely N-dealkylation sites (tertiary alicyclic amines) is 1. The third-order valence-electron chi connectivity index (χ3n) is 6.92. The van der Waals surface area contributed by atoms with E-state index >= 15 is 0 Å². The van der Waals surface area contributed by atoms with E-state index in [1.54, 1.807) is 5.57 Å². The van der Waals surface area contributed by atoms with Crippen LogP contribution in [0.25, 0.3) is 0 Å². The van der Waals surface area contributed by atoms with Gasteiger partial charge in [-0.05, 0) is 37.3 Å². The number of piperidine rings is 1. The van der Waals surface area contributed by atoms with E-state index < -0.39 is 0 Å². The summed E-state index contributed by atoms with van der Waals surface area (Å²) in [5.41, 5.74) is 2.12. The molecular weight excluding hydrogens is 310 g/mol. The van der Waals surface area contributed by atoms with E-state index in [4.69, 9.17) is 0 Å². The average Bonchev–Trinajstić information content (AvgIpc) is 3.23. The third-order valence-corrected chi connectivity index (χ3v) is 6.92. The van der Waals surface area contributed by atoms with E-state index in [0.717, 1.165) is 44.9 Å². The summed E-state index contributed by atoms with van der Waals surface area (Å²) in [5, 5.41) is 0. The van der Waals surface area contributed by atoms with Crippen molar-refractivity contribution in [2.75, 3.05) is 45.8 Å². The monoisotopic (exact) mass is 343 g/mol. The number of carbonyl (C=O) groups is 1. The number of piperazine rings is 1. The first kappa shape index (κ1) is 17.3. The van der Waals surface area contributed by atoms with Crippen molar-refractivity contribution in [3.8, 4) is 0 Å². The van der Waals surface area contributed by atoms with Crippen molar-refractivity contribution in [3.63, 3.8) is 0 Å². The van der Waals surface area contributed by atoms with Crippen molar-refractivity contribution in [2.24, 2.45) is 11.3 Å². The topological polar surface area (TPSA) is 26.8 Å². The van der Waals surface area contributed by atoms with Gasteiger partial charge in [0.2, 0.25) is 5.91 Å². The van der Waals surface area contributed by atoms with Crippen molar-refractivity contribution in [1.29, 1.82) is 0 Å². The van der Waals surface area contributed by atoms with Crippen molar-refractivity contribution < 1.29 is 4.79 Å². The molecule has 4 nitrogen and oxygen atoms in total. The highest BCUT2D eigenvalue weighted by Gasteiger charge is 2.60. The molecular formula is C21H33N3O. The molecule has 0 radical (unpaired) electrons. The van der Waals surface area contributed by atoms with Gasteiger partial charge in [0.05, 0.1) is 0 Å². The second-order valence-corrected chi connectivity index (χ2v) is 8.37. The molecule has 2 saturated heterocycles. The number of hydrogen-bond donors (Lipinski definition) is 0. The lowest BCUT2D eigenvalue weighted by atomic mass is 9.88. The number of carbonyl (C=O) groups excluding carboxylic acids is 1. The lowest BCUT2D eigenvalue weighted by molar-refractivity contribution is -0.133. The fourth-order valence-corrected chi connectivity index (χ4v) is 5.20. The Labute approximate surface area is 152 Å². The van der Waals surface area contributed by atoms with Crippen LogP contribution in [0.15, 0.2) is 23.8 Å². The van der Waals surface area contributed by atoms with Crippen molar-refractivity contribution in [3.05, 3.63) is 23.8 Å². The first-order valence-corrected chi connectivity index (χ1v) is 10.3. The molecule has 0 N–H and O–H groups in total. The molecule has 0 bridgehead atoms. The van der Waals surface area contributed by atoms with Gasteiger partial charge >= 0.3 is 0 Å². The van der Waals surface area contributed by atoms with Crippen LogP contribution >= 0.6 is 0 Å². The third kappa shape index (κ3) is 3.19. The highest BCUT2D eigenvalue weighted by atomic mass is 16.2. The van der Waals surface area contributed by atoms with Gasteiger partial charge in [0.25, 0.3) is 0 Å². The molecule has 0 aromatic rings. The summed E-state index contributed by atoms with van der Waals surface area (Å²) in [6, 6.07) is 0.532. The highest BCUT2D eigenvalue weighted by Crippen LogP contribution is 2.62. The van der Waals surface area contributed by atoms with E-state index in [-0.39, 0.29) is 0 Å². The fourth-order valence-electron chi connectivity index (χ4n) is 5.20. The number of rotatable bonds is 5. The molecule has 1 saturated carbocycles. The van der Waals surface area contributed by atoms with Gasteiger partial charge in [-0.15, -0.1) is 0 Å². The molecule has 3 unspecified atom stereocenters.